The van der Waals surface area contributed by atoms with Crippen molar-refractivity contribution in [3.05, 3.63) is 41.6 Å². The number of fused-ring (bicyclic) bond motifs is 1. The van der Waals surface area contributed by atoms with Gasteiger partial charge in [0.15, 0.2) is 0 Å². The Kier molecular flexibility index (Phi) is 5.15. The van der Waals surface area contributed by atoms with Gasteiger partial charge in [0, 0.05) is 30.7 Å². The number of nitrogens with one attached hydrogen (secondary N) is 1. The van der Waals surface area contributed by atoms with E-state index in [0.29, 0.717) is 12.5 Å². The number of hydrogen-bond acceptors (Lipinski definition) is 4. The highest BCUT2D eigenvalue weighted by molar-refractivity contribution is 7.87. The summed E-state index contributed by atoms with van der Waals surface area (Å²) in [6.45, 7) is 5.19. The molecule has 24 heavy (non-hydrogen) atoms. The number of benzene rings is 1. The fraction of sp³-hybridized carbons (Fsp3) is 0.471. The lowest BCUT2D eigenvalue weighted by atomic mass is 9.97. The summed E-state index contributed by atoms with van der Waals surface area (Å²) < 4.78 is 24.6. The molecule has 0 spiro atoms. The zero-order valence-electron chi connectivity index (χ0n) is 13.9. The quantitative estimate of drug-likeness (QED) is 0.858. The summed E-state index contributed by atoms with van der Waals surface area (Å²) >= 11 is 0. The van der Waals surface area contributed by atoms with Crippen molar-refractivity contribution in [2.45, 2.75) is 26.3 Å². The standard InChI is InChI=1S/C17H24N4O2S/c1-13-9-15(16-6-2-3-7-17(16)20-13)12-21-8-4-5-14(11-21)10-19-24(18,22)23/h2-3,6-7,9,14,19H,4-5,8,10-12H2,1H3,(H2,18,22,23)/t14-/m0/s1. The average Bonchev–Trinajstić information content (AvgIpc) is 2.52. The Morgan fingerprint density at radius 2 is 2.17 bits per heavy atom. The smallest absolute Gasteiger partial charge is 0.274 e. The van der Waals surface area contributed by atoms with E-state index in [0.717, 1.165) is 43.7 Å². The van der Waals surface area contributed by atoms with Crippen molar-refractivity contribution in [2.75, 3.05) is 19.6 Å². The number of pyridine rings is 1. The number of para-hydroxylation sites is 1. The van der Waals surface area contributed by atoms with Gasteiger partial charge in [-0.1, -0.05) is 18.2 Å². The number of nitrogens with zero attached hydrogens (tertiary/aromatic N) is 2. The van der Waals surface area contributed by atoms with Gasteiger partial charge < -0.3 is 0 Å². The molecule has 0 unspecified atom stereocenters. The first-order valence-corrected chi connectivity index (χ1v) is 9.80. The van der Waals surface area contributed by atoms with Crippen LogP contribution in [0.4, 0.5) is 0 Å². The van der Waals surface area contributed by atoms with Crippen LogP contribution in [0, 0.1) is 12.8 Å². The second kappa shape index (κ2) is 7.14. The molecule has 1 atom stereocenters. The van der Waals surface area contributed by atoms with Crippen LogP contribution in [0.2, 0.25) is 0 Å². The highest BCUT2D eigenvalue weighted by Gasteiger charge is 2.21. The Bertz CT molecular complexity index is 822. The van der Waals surface area contributed by atoms with Gasteiger partial charge in [0.1, 0.15) is 0 Å². The molecular weight excluding hydrogens is 324 g/mol. The van der Waals surface area contributed by atoms with E-state index in [9.17, 15) is 8.42 Å². The summed E-state index contributed by atoms with van der Waals surface area (Å²) in [5.74, 6) is 0.297. The molecule has 3 N–H and O–H groups in total. The molecule has 0 amide bonds. The predicted octanol–water partition coefficient (Wildman–Crippen LogP) is 1.55. The molecule has 2 aromatic rings. The monoisotopic (exact) mass is 348 g/mol. The molecule has 6 nitrogen and oxygen atoms in total. The highest BCUT2D eigenvalue weighted by atomic mass is 32.2. The number of piperidine rings is 1. The highest BCUT2D eigenvalue weighted by Crippen LogP contribution is 2.23. The molecule has 7 heteroatoms. The summed E-state index contributed by atoms with van der Waals surface area (Å²) in [5, 5.41) is 6.22. The van der Waals surface area contributed by atoms with Gasteiger partial charge in [-0.25, -0.2) is 9.86 Å². The molecule has 1 aliphatic rings. The van der Waals surface area contributed by atoms with E-state index in [4.69, 9.17) is 5.14 Å². The average molecular weight is 348 g/mol. The fourth-order valence-electron chi connectivity index (χ4n) is 3.46. The summed E-state index contributed by atoms with van der Waals surface area (Å²) in [6.07, 6.45) is 2.09. The third-order valence-electron chi connectivity index (χ3n) is 4.50. The third-order valence-corrected chi connectivity index (χ3v) is 5.07. The van der Waals surface area contributed by atoms with Gasteiger partial charge in [-0.3, -0.25) is 9.88 Å². The van der Waals surface area contributed by atoms with E-state index in [1.807, 2.05) is 25.1 Å². The van der Waals surface area contributed by atoms with Crippen molar-refractivity contribution in [3.8, 4) is 0 Å². The first kappa shape index (κ1) is 17.3. The third kappa shape index (κ3) is 4.51. The van der Waals surface area contributed by atoms with Crippen LogP contribution in [-0.4, -0.2) is 37.9 Å². The zero-order valence-corrected chi connectivity index (χ0v) is 14.7. The van der Waals surface area contributed by atoms with Crippen LogP contribution < -0.4 is 9.86 Å². The van der Waals surface area contributed by atoms with E-state index in [1.165, 1.54) is 10.9 Å². The van der Waals surface area contributed by atoms with Crippen LogP contribution >= 0.6 is 0 Å². The molecule has 1 aromatic carbocycles. The molecule has 0 saturated carbocycles. The molecule has 3 rings (SSSR count). The minimum absolute atomic E-state index is 0.297. The molecule has 1 aliphatic heterocycles. The Hall–Kier alpha value is -1.54. The normalized spacial score (nSPS) is 19.7. The van der Waals surface area contributed by atoms with Crippen molar-refractivity contribution in [2.24, 2.45) is 11.1 Å². The Morgan fingerprint density at radius 1 is 1.38 bits per heavy atom. The molecule has 1 fully saturated rings. The van der Waals surface area contributed by atoms with Crippen molar-refractivity contribution >= 4 is 21.1 Å². The number of aryl methyl sites for hydroxylation is 1. The van der Waals surface area contributed by atoms with Gasteiger partial charge in [0.25, 0.3) is 10.2 Å². The maximum atomic E-state index is 11.1. The maximum absolute atomic E-state index is 11.1. The van der Waals surface area contributed by atoms with E-state index in [1.54, 1.807) is 0 Å². The van der Waals surface area contributed by atoms with Crippen LogP contribution in [0.1, 0.15) is 24.1 Å². The Labute approximate surface area is 143 Å². The maximum Gasteiger partial charge on any atom is 0.274 e. The largest absolute Gasteiger partial charge is 0.299 e. The lowest BCUT2D eigenvalue weighted by Crippen LogP contribution is -2.42. The van der Waals surface area contributed by atoms with Gasteiger partial charge in [-0.2, -0.15) is 8.42 Å². The topological polar surface area (TPSA) is 88.3 Å². The van der Waals surface area contributed by atoms with E-state index in [-0.39, 0.29) is 0 Å². The molecule has 1 saturated heterocycles. The first-order valence-electron chi connectivity index (χ1n) is 8.26. The second-order valence-electron chi connectivity index (χ2n) is 6.58. The Balaban J connectivity index is 1.72. The molecule has 0 bridgehead atoms. The lowest BCUT2D eigenvalue weighted by Gasteiger charge is -2.33. The van der Waals surface area contributed by atoms with Gasteiger partial charge in [0.2, 0.25) is 0 Å². The summed E-state index contributed by atoms with van der Waals surface area (Å²) in [5.41, 5.74) is 3.32. The van der Waals surface area contributed by atoms with E-state index in [2.05, 4.69) is 26.7 Å². The molecular formula is C17H24N4O2S. The predicted molar refractivity (Wildman–Crippen MR) is 95.6 cm³/mol. The van der Waals surface area contributed by atoms with Crippen LogP contribution in [0.25, 0.3) is 10.9 Å². The Morgan fingerprint density at radius 3 is 2.96 bits per heavy atom. The summed E-state index contributed by atoms with van der Waals surface area (Å²) in [4.78, 5) is 6.98. The van der Waals surface area contributed by atoms with Crippen molar-refractivity contribution in [1.29, 1.82) is 0 Å². The molecule has 130 valence electrons. The van der Waals surface area contributed by atoms with Crippen molar-refractivity contribution in [3.63, 3.8) is 0 Å². The van der Waals surface area contributed by atoms with Gasteiger partial charge >= 0.3 is 0 Å². The van der Waals surface area contributed by atoms with Crippen LogP contribution in [0.3, 0.4) is 0 Å². The minimum atomic E-state index is -3.61. The molecule has 2 heterocycles. The zero-order chi connectivity index (χ0) is 17.2. The fourth-order valence-corrected chi connectivity index (χ4v) is 3.93. The second-order valence-corrected chi connectivity index (χ2v) is 7.96. The van der Waals surface area contributed by atoms with Crippen molar-refractivity contribution < 1.29 is 8.42 Å². The van der Waals surface area contributed by atoms with Gasteiger partial charge in [-0.05, 0) is 49.9 Å². The number of hydrogen-bond donors (Lipinski definition) is 2. The minimum Gasteiger partial charge on any atom is -0.299 e. The number of rotatable bonds is 5. The number of likely N-dealkylation sites (tertiary alicyclic amines) is 1. The molecule has 1 aromatic heterocycles. The molecule has 0 aliphatic carbocycles. The lowest BCUT2D eigenvalue weighted by molar-refractivity contribution is 0.169. The van der Waals surface area contributed by atoms with Gasteiger partial charge in [0.05, 0.1) is 5.52 Å². The number of aromatic nitrogens is 1. The van der Waals surface area contributed by atoms with Crippen molar-refractivity contribution in [1.82, 2.24) is 14.6 Å². The summed E-state index contributed by atoms with van der Waals surface area (Å²) in [7, 11) is -3.61. The van der Waals surface area contributed by atoms with Gasteiger partial charge in [-0.15, -0.1) is 0 Å². The van der Waals surface area contributed by atoms with Crippen LogP contribution in [0.5, 0.6) is 0 Å². The van der Waals surface area contributed by atoms with E-state index >= 15 is 0 Å². The summed E-state index contributed by atoms with van der Waals surface area (Å²) in [6, 6.07) is 10.3. The first-order chi connectivity index (χ1) is 11.4. The van der Waals surface area contributed by atoms with E-state index < -0.39 is 10.2 Å². The van der Waals surface area contributed by atoms with Crippen LogP contribution in [-0.2, 0) is 16.8 Å². The SMILES string of the molecule is Cc1cc(CN2CCC[C@@H](CNS(N)(=O)=O)C2)c2ccccc2n1. The van der Waals surface area contributed by atoms with Crippen LogP contribution in [0.15, 0.2) is 30.3 Å². The molecule has 0 radical (unpaired) electrons. The number of nitrogens with two attached hydrogens (primary N) is 1.